The first kappa shape index (κ1) is 88.8. The van der Waals surface area contributed by atoms with Gasteiger partial charge in [0.15, 0.2) is 44.1 Å². The Hall–Kier alpha value is -9.71. The topological polar surface area (TPSA) is 187 Å². The Morgan fingerprint density at radius 3 is 1.35 bits per heavy atom. The summed E-state index contributed by atoms with van der Waals surface area (Å²) in [7, 11) is 2.43. The third kappa shape index (κ3) is 21.4. The molecule has 0 aliphatic heterocycles. The SMILES string of the molecule is Cc1cc(CC(=O)C(C)(C)C)ccc1Cl.Cc1ccc(-c2cc3c(cc(C(=O)C(C)(C)C)n3C)o2)cc1.Cc1ccc(-c2cc3c(cc(C(=O)C(C)(C)C)n3C)o2)s1.Cc1ccc(-c2ccc(S(=O)(=O)C(C)(C)C)cc2)cc1.Cc1onc(-c2ccccc2)c1C(=O)C(C)(C)C.Cn1c(C(=O)C(C)(C)C)c(Cl)c2ccccc21. The number of para-hydroxylation sites is 1. The van der Waals surface area contributed by atoms with Gasteiger partial charge in [0.2, 0.25) is 0 Å². The molecule has 0 radical (unpaired) electrons. The van der Waals surface area contributed by atoms with Gasteiger partial charge in [-0.2, -0.15) is 0 Å². The minimum atomic E-state index is -3.28. The fourth-order valence-electron chi connectivity index (χ4n) is 11.9. The number of fused-ring (bicyclic) bond motifs is 3. The smallest absolute Gasteiger partial charge is 0.186 e. The van der Waals surface area contributed by atoms with E-state index in [2.05, 4.69) is 55.4 Å². The van der Waals surface area contributed by atoms with Crippen LogP contribution in [0.4, 0.5) is 0 Å². The molecule has 7 aromatic heterocycles. The molecule has 0 fully saturated rings. The number of rotatable bonds is 11. The fraction of sp³-hybridized carbons (Fsp3) is 0.347. The van der Waals surface area contributed by atoms with Gasteiger partial charge in [-0.3, -0.25) is 24.0 Å². The molecule has 0 spiro atoms. The van der Waals surface area contributed by atoms with Gasteiger partial charge in [0.1, 0.15) is 34.5 Å². The number of carbonyl (C=O) groups excluding carboxylic acids is 5. The number of thiophene rings is 1. The Morgan fingerprint density at radius 2 is 0.912 bits per heavy atom. The van der Waals surface area contributed by atoms with Gasteiger partial charge in [-0.05, 0) is 114 Å². The molecule has 0 aliphatic rings. The number of hydrogen-bond donors (Lipinski definition) is 0. The van der Waals surface area contributed by atoms with Crippen LogP contribution in [0, 0.1) is 61.7 Å². The van der Waals surface area contributed by atoms with E-state index in [9.17, 15) is 32.4 Å². The van der Waals surface area contributed by atoms with Crippen LogP contribution >= 0.6 is 34.5 Å². The van der Waals surface area contributed by atoms with Crippen LogP contribution in [-0.2, 0) is 42.2 Å². The summed E-state index contributed by atoms with van der Waals surface area (Å²) in [6, 6.07) is 58.6. The van der Waals surface area contributed by atoms with Crippen molar-refractivity contribution in [3.63, 3.8) is 0 Å². The molecule has 0 saturated carbocycles. The number of Topliss-reactive ketones (excluding diaryl/α,β-unsaturated/α-hetero) is 5. The molecular formula is C95H110Cl2N4O10S2. The van der Waals surface area contributed by atoms with Crippen LogP contribution in [0.5, 0.6) is 0 Å². The van der Waals surface area contributed by atoms with Gasteiger partial charge in [0.05, 0.1) is 47.5 Å². The Kier molecular flexibility index (Phi) is 27.5. The molecule has 0 bridgehead atoms. The molecular weight excluding hydrogens is 1490 g/mol. The molecule has 18 heteroatoms. The molecule has 6 aromatic carbocycles. The summed E-state index contributed by atoms with van der Waals surface area (Å²) in [5, 5.41) is 6.27. The number of carbonyl (C=O) groups is 5. The first-order valence-electron chi connectivity index (χ1n) is 37.8. The molecule has 113 heavy (non-hydrogen) atoms. The summed E-state index contributed by atoms with van der Waals surface area (Å²) in [4.78, 5) is 64.3. The average molecular weight is 1600 g/mol. The van der Waals surface area contributed by atoms with E-state index < -0.39 is 36.2 Å². The maximum Gasteiger partial charge on any atom is 0.186 e. The number of ketones is 5. The van der Waals surface area contributed by atoms with Crippen molar-refractivity contribution < 1.29 is 45.7 Å². The lowest BCUT2D eigenvalue weighted by molar-refractivity contribution is -0.125. The number of aromatic nitrogens is 4. The van der Waals surface area contributed by atoms with Crippen molar-refractivity contribution in [3.05, 3.63) is 248 Å². The lowest BCUT2D eigenvalue weighted by atomic mass is 9.85. The first-order valence-corrected chi connectivity index (χ1v) is 40.8. The van der Waals surface area contributed by atoms with Crippen LogP contribution in [0.25, 0.3) is 77.4 Å². The molecule has 13 rings (SSSR count). The number of furan rings is 2. The van der Waals surface area contributed by atoms with Gasteiger partial charge in [-0.15, -0.1) is 11.3 Å². The second-order valence-corrected chi connectivity index (χ2v) is 39.8. The Labute approximate surface area is 681 Å². The third-order valence-electron chi connectivity index (χ3n) is 19.1. The highest BCUT2D eigenvalue weighted by atomic mass is 35.5. The van der Waals surface area contributed by atoms with Gasteiger partial charge < -0.3 is 27.1 Å². The van der Waals surface area contributed by atoms with Crippen molar-refractivity contribution in [1.82, 2.24) is 18.9 Å². The van der Waals surface area contributed by atoms with Crippen molar-refractivity contribution in [2.45, 2.75) is 175 Å². The summed E-state index contributed by atoms with van der Waals surface area (Å²) in [5.74, 6) is 2.90. The van der Waals surface area contributed by atoms with Crippen molar-refractivity contribution in [2.24, 2.45) is 48.2 Å². The van der Waals surface area contributed by atoms with E-state index >= 15 is 0 Å². The van der Waals surface area contributed by atoms with Gasteiger partial charge in [-0.25, -0.2) is 8.42 Å². The second-order valence-electron chi connectivity index (χ2n) is 35.0. The average Bonchev–Trinajstić information content (AvgIpc) is 1.66. The lowest BCUT2D eigenvalue weighted by Gasteiger charge is -2.19. The summed E-state index contributed by atoms with van der Waals surface area (Å²) in [6.45, 7) is 43.9. The van der Waals surface area contributed by atoms with Crippen molar-refractivity contribution in [3.8, 4) is 44.3 Å². The normalized spacial score (nSPS) is 12.0. The molecule has 0 saturated heterocycles. The highest BCUT2D eigenvalue weighted by Crippen LogP contribution is 2.39. The summed E-state index contributed by atoms with van der Waals surface area (Å²) < 4.78 is 46.7. The minimum Gasteiger partial charge on any atom is -0.454 e. The molecule has 0 N–H and O–H groups in total. The van der Waals surface area contributed by atoms with Crippen LogP contribution in [0.3, 0.4) is 0 Å². The number of hydrogen-bond acceptors (Lipinski definition) is 12. The molecule has 0 amide bonds. The van der Waals surface area contributed by atoms with Crippen LogP contribution in [0.1, 0.15) is 199 Å². The van der Waals surface area contributed by atoms with E-state index in [4.69, 9.17) is 36.6 Å². The zero-order chi connectivity index (χ0) is 84.2. The van der Waals surface area contributed by atoms with Crippen molar-refractivity contribution in [1.29, 1.82) is 0 Å². The number of nitrogens with zero attached hydrogens (tertiary/aromatic N) is 4. The van der Waals surface area contributed by atoms with Crippen LogP contribution in [0.15, 0.2) is 200 Å². The molecule has 13 aromatic rings. The van der Waals surface area contributed by atoms with Crippen LogP contribution < -0.4 is 0 Å². The Bertz CT molecular complexity index is 5650. The van der Waals surface area contributed by atoms with Gasteiger partial charge >= 0.3 is 0 Å². The number of halogens is 2. The monoisotopic (exact) mass is 1600 g/mol. The Morgan fingerprint density at radius 1 is 0.451 bits per heavy atom. The highest BCUT2D eigenvalue weighted by Gasteiger charge is 2.34. The van der Waals surface area contributed by atoms with Crippen LogP contribution in [0.2, 0.25) is 10.0 Å². The van der Waals surface area contributed by atoms with Crippen LogP contribution in [-0.4, -0.2) is 60.9 Å². The number of benzene rings is 6. The first-order chi connectivity index (χ1) is 52.3. The molecule has 7 heterocycles. The zero-order valence-corrected chi connectivity index (χ0v) is 73.6. The molecule has 0 aliphatic carbocycles. The fourth-order valence-corrected chi connectivity index (χ4v) is 14.4. The van der Waals surface area contributed by atoms with E-state index in [0.29, 0.717) is 50.4 Å². The highest BCUT2D eigenvalue weighted by molar-refractivity contribution is 7.92. The maximum absolute atomic E-state index is 12.5. The van der Waals surface area contributed by atoms with Crippen molar-refractivity contribution >= 4 is 106 Å². The lowest BCUT2D eigenvalue weighted by Crippen LogP contribution is -2.27. The second kappa shape index (κ2) is 34.9. The summed E-state index contributed by atoms with van der Waals surface area (Å²) in [6.07, 6.45) is 0.488. The number of sulfone groups is 1. The van der Waals surface area contributed by atoms with Gasteiger partial charge in [0.25, 0.3) is 0 Å². The molecule has 0 unspecified atom stereocenters. The predicted molar refractivity (Wildman–Crippen MR) is 466 cm³/mol. The summed E-state index contributed by atoms with van der Waals surface area (Å²) in [5.41, 5.74) is 14.3. The van der Waals surface area contributed by atoms with E-state index in [1.807, 2.05) is 286 Å². The van der Waals surface area contributed by atoms with E-state index in [0.717, 1.165) is 87.9 Å². The standard InChI is InChI=1S/C19H21NO2.C17H19NO2S.C17H20O2S.C15H17NO2.C14H16ClNO.C13H17ClO/c1-12-6-8-13(9-7-12)16-10-14-17(22-16)11-15(20(14)5)18(21)19(2,3)4;1-10-6-7-15(21-10)14-8-11-13(20-14)9-12(18(11)5)16(19)17(2,3)4;1-13-5-7-14(8-6-13)15-9-11-16(12-10-15)20(18,19)17(2,3)4;1-10-12(14(17)15(2,3)4)13(16-18-10)11-8-6-5-7-9-11;1-14(2,3)13(17)12-11(15)9-7-5-6-8-10(9)16(12)4;1-9-7-10(5-6-11(9)14)8-12(15)13(2,3)4/h6-11H,1-5H3;6-9H,1-5H3;5-12H,1-4H3;5-9H,1-4H3;5-8H,1-4H3;5-7H,8H2,1-4H3. The summed E-state index contributed by atoms with van der Waals surface area (Å²) >= 11 is 14.0. The molecule has 0 atom stereocenters. The van der Waals surface area contributed by atoms with E-state index in [-0.39, 0.29) is 34.3 Å². The molecule has 14 nitrogen and oxygen atoms in total. The van der Waals surface area contributed by atoms with Gasteiger partial charge in [0, 0.05) is 111 Å². The predicted octanol–water partition coefficient (Wildman–Crippen LogP) is 26.0. The zero-order valence-electron chi connectivity index (χ0n) is 70.5. The Balaban J connectivity index is 0.000000171. The molecule has 596 valence electrons. The van der Waals surface area contributed by atoms with Crippen molar-refractivity contribution in [2.75, 3.05) is 0 Å². The third-order valence-corrected chi connectivity index (χ3v) is 23.5. The largest absolute Gasteiger partial charge is 0.454 e. The van der Waals surface area contributed by atoms with E-state index in [1.54, 1.807) is 51.2 Å². The number of aryl methyl sites for hydroxylation is 8. The quantitative estimate of drug-likeness (QED) is 0.112. The van der Waals surface area contributed by atoms with Gasteiger partial charge in [-0.1, -0.05) is 265 Å². The maximum atomic E-state index is 12.5. The van der Waals surface area contributed by atoms with E-state index in [1.165, 1.54) is 16.0 Å². The minimum absolute atomic E-state index is 0.0557.